The first-order chi connectivity index (χ1) is 10.5. The molecule has 0 spiro atoms. The number of aromatic nitrogens is 4. The lowest BCUT2D eigenvalue weighted by atomic mass is 10.1. The Balaban J connectivity index is 2.09. The van der Waals surface area contributed by atoms with Gasteiger partial charge >= 0.3 is 0 Å². The molecular weight excluding hydrogens is 302 g/mol. The summed E-state index contributed by atoms with van der Waals surface area (Å²) in [7, 11) is -3.26. The van der Waals surface area contributed by atoms with Gasteiger partial charge in [0, 0.05) is 31.7 Å². The van der Waals surface area contributed by atoms with Crippen LogP contribution in [0.1, 0.15) is 31.5 Å². The Morgan fingerprint density at radius 3 is 2.77 bits per heavy atom. The summed E-state index contributed by atoms with van der Waals surface area (Å²) in [5.74, 6) is 0. The average Bonchev–Trinajstić information content (AvgIpc) is 3.15. The van der Waals surface area contributed by atoms with E-state index in [1.54, 1.807) is 18.6 Å². The molecule has 0 saturated carbocycles. The van der Waals surface area contributed by atoms with E-state index in [1.165, 1.54) is 10.6 Å². The zero-order valence-corrected chi connectivity index (χ0v) is 13.5. The quantitative estimate of drug-likeness (QED) is 0.851. The van der Waals surface area contributed by atoms with Gasteiger partial charge in [-0.25, -0.2) is 8.42 Å². The third-order valence-corrected chi connectivity index (χ3v) is 5.22. The molecule has 1 aliphatic heterocycles. The van der Waals surface area contributed by atoms with E-state index in [1.807, 2.05) is 17.7 Å². The molecule has 0 bridgehead atoms. The SMILES string of the molecule is CCn1nccc1-c1nccnc1C1CCCN1S(C)(=O)=O. The van der Waals surface area contributed by atoms with Crippen molar-refractivity contribution in [3.05, 3.63) is 30.4 Å². The van der Waals surface area contributed by atoms with Crippen molar-refractivity contribution < 1.29 is 8.42 Å². The van der Waals surface area contributed by atoms with E-state index in [0.29, 0.717) is 17.9 Å². The molecule has 0 aromatic carbocycles. The number of nitrogens with zero attached hydrogens (tertiary/aromatic N) is 5. The van der Waals surface area contributed by atoms with Crippen LogP contribution in [0.15, 0.2) is 24.7 Å². The molecule has 1 atom stereocenters. The van der Waals surface area contributed by atoms with Crippen LogP contribution in [0.3, 0.4) is 0 Å². The third-order valence-electron chi connectivity index (χ3n) is 3.93. The predicted octanol–water partition coefficient (Wildman–Crippen LogP) is 1.46. The van der Waals surface area contributed by atoms with Crippen LogP contribution in [0.25, 0.3) is 11.4 Å². The molecule has 7 nitrogen and oxygen atoms in total. The largest absolute Gasteiger partial charge is 0.264 e. The maximum atomic E-state index is 12.0. The minimum atomic E-state index is -3.26. The lowest BCUT2D eigenvalue weighted by Gasteiger charge is -2.23. The van der Waals surface area contributed by atoms with Gasteiger partial charge in [0.15, 0.2) is 0 Å². The van der Waals surface area contributed by atoms with E-state index in [2.05, 4.69) is 15.1 Å². The standard InChI is InChI=1S/C14H19N5O2S/c1-3-18-11(6-7-17-18)13-14(16-9-8-15-13)12-5-4-10-19(12)22(2,20)21/h6-9,12H,3-5,10H2,1-2H3. The molecule has 1 saturated heterocycles. The van der Waals surface area contributed by atoms with Crippen LogP contribution in [-0.4, -0.2) is 45.3 Å². The van der Waals surface area contributed by atoms with Gasteiger partial charge in [0.25, 0.3) is 0 Å². The second kappa shape index (κ2) is 5.77. The Morgan fingerprint density at radius 2 is 2.05 bits per heavy atom. The Kier molecular flexibility index (Phi) is 3.96. The van der Waals surface area contributed by atoms with Gasteiger partial charge in [0.2, 0.25) is 10.0 Å². The van der Waals surface area contributed by atoms with Gasteiger partial charge in [-0.3, -0.25) is 14.6 Å². The van der Waals surface area contributed by atoms with Crippen LogP contribution in [0, 0.1) is 0 Å². The van der Waals surface area contributed by atoms with Crippen molar-refractivity contribution in [2.24, 2.45) is 0 Å². The molecule has 3 rings (SSSR count). The second-order valence-electron chi connectivity index (χ2n) is 5.35. The number of hydrogen-bond donors (Lipinski definition) is 0. The summed E-state index contributed by atoms with van der Waals surface area (Å²) in [6.45, 7) is 3.26. The molecule has 8 heteroatoms. The minimum absolute atomic E-state index is 0.251. The molecule has 22 heavy (non-hydrogen) atoms. The fourth-order valence-electron chi connectivity index (χ4n) is 2.99. The summed E-state index contributed by atoms with van der Waals surface area (Å²) in [5, 5.41) is 4.26. The van der Waals surface area contributed by atoms with Gasteiger partial charge < -0.3 is 0 Å². The van der Waals surface area contributed by atoms with E-state index in [4.69, 9.17) is 0 Å². The molecule has 1 aliphatic rings. The first-order valence-corrected chi connectivity index (χ1v) is 9.17. The molecule has 1 fully saturated rings. The summed E-state index contributed by atoms with van der Waals surface area (Å²) in [6, 6.07) is 1.63. The molecule has 2 aromatic rings. The highest BCUT2D eigenvalue weighted by Crippen LogP contribution is 2.36. The third kappa shape index (κ3) is 2.64. The fourth-order valence-corrected chi connectivity index (χ4v) is 4.11. The van der Waals surface area contributed by atoms with Crippen LogP contribution in [0.5, 0.6) is 0 Å². The van der Waals surface area contributed by atoms with Gasteiger partial charge in [0.05, 0.1) is 23.7 Å². The zero-order valence-electron chi connectivity index (χ0n) is 12.7. The highest BCUT2D eigenvalue weighted by atomic mass is 32.2. The molecule has 3 heterocycles. The van der Waals surface area contributed by atoms with Crippen LogP contribution < -0.4 is 0 Å². The van der Waals surface area contributed by atoms with Gasteiger partial charge in [-0.05, 0) is 25.8 Å². The lowest BCUT2D eigenvalue weighted by molar-refractivity contribution is 0.394. The highest BCUT2D eigenvalue weighted by molar-refractivity contribution is 7.88. The van der Waals surface area contributed by atoms with Crippen LogP contribution >= 0.6 is 0 Å². The summed E-state index contributed by atoms with van der Waals surface area (Å²) in [4.78, 5) is 8.89. The van der Waals surface area contributed by atoms with Crippen molar-refractivity contribution in [2.75, 3.05) is 12.8 Å². The van der Waals surface area contributed by atoms with E-state index < -0.39 is 10.0 Å². The van der Waals surface area contributed by atoms with E-state index in [0.717, 1.165) is 25.1 Å². The maximum absolute atomic E-state index is 12.0. The molecule has 0 N–H and O–H groups in total. The lowest BCUT2D eigenvalue weighted by Crippen LogP contribution is -2.30. The summed E-state index contributed by atoms with van der Waals surface area (Å²) >= 11 is 0. The fraction of sp³-hybridized carbons (Fsp3) is 0.500. The van der Waals surface area contributed by atoms with E-state index in [-0.39, 0.29) is 6.04 Å². The highest BCUT2D eigenvalue weighted by Gasteiger charge is 2.35. The minimum Gasteiger partial charge on any atom is -0.264 e. The first kappa shape index (κ1) is 15.1. The summed E-state index contributed by atoms with van der Waals surface area (Å²) < 4.78 is 27.4. The molecule has 0 radical (unpaired) electrons. The monoisotopic (exact) mass is 321 g/mol. The van der Waals surface area contributed by atoms with Crippen molar-refractivity contribution in [2.45, 2.75) is 32.4 Å². The van der Waals surface area contributed by atoms with Crippen LogP contribution in [0.2, 0.25) is 0 Å². The van der Waals surface area contributed by atoms with Crippen molar-refractivity contribution >= 4 is 10.0 Å². The zero-order chi connectivity index (χ0) is 15.7. The second-order valence-corrected chi connectivity index (χ2v) is 7.29. The van der Waals surface area contributed by atoms with E-state index in [9.17, 15) is 8.42 Å². The van der Waals surface area contributed by atoms with Crippen molar-refractivity contribution in [1.29, 1.82) is 0 Å². The smallest absolute Gasteiger partial charge is 0.211 e. The number of rotatable bonds is 4. The predicted molar refractivity (Wildman–Crippen MR) is 82.5 cm³/mol. The van der Waals surface area contributed by atoms with Crippen LogP contribution in [-0.2, 0) is 16.6 Å². The number of hydrogen-bond acceptors (Lipinski definition) is 5. The summed E-state index contributed by atoms with van der Waals surface area (Å²) in [6.07, 6.45) is 7.81. The van der Waals surface area contributed by atoms with Gasteiger partial charge in [0.1, 0.15) is 5.69 Å². The number of aryl methyl sites for hydroxylation is 1. The van der Waals surface area contributed by atoms with Crippen LogP contribution in [0.4, 0.5) is 0 Å². The number of sulfonamides is 1. The Labute approximate surface area is 130 Å². The molecular formula is C14H19N5O2S. The molecule has 1 unspecified atom stereocenters. The molecule has 0 amide bonds. The Bertz CT molecular complexity index is 771. The average molecular weight is 321 g/mol. The molecule has 0 aliphatic carbocycles. The summed E-state index contributed by atoms with van der Waals surface area (Å²) in [5.41, 5.74) is 2.29. The first-order valence-electron chi connectivity index (χ1n) is 7.32. The van der Waals surface area contributed by atoms with Crippen molar-refractivity contribution in [3.63, 3.8) is 0 Å². The molecule has 2 aromatic heterocycles. The van der Waals surface area contributed by atoms with Gasteiger partial charge in [-0.2, -0.15) is 9.40 Å². The molecule has 118 valence electrons. The Morgan fingerprint density at radius 1 is 1.27 bits per heavy atom. The van der Waals surface area contributed by atoms with Crippen molar-refractivity contribution in [1.82, 2.24) is 24.1 Å². The maximum Gasteiger partial charge on any atom is 0.211 e. The van der Waals surface area contributed by atoms with Gasteiger partial charge in [-0.1, -0.05) is 0 Å². The van der Waals surface area contributed by atoms with Crippen molar-refractivity contribution in [3.8, 4) is 11.4 Å². The van der Waals surface area contributed by atoms with E-state index >= 15 is 0 Å². The normalized spacial score (nSPS) is 19.6. The Hall–Kier alpha value is -1.80. The van der Waals surface area contributed by atoms with Gasteiger partial charge in [-0.15, -0.1) is 0 Å². The topological polar surface area (TPSA) is 81.0 Å².